The normalized spacial score (nSPS) is 16.6. The highest BCUT2D eigenvalue weighted by atomic mass is 32.2. The zero-order chi connectivity index (χ0) is 18.1. The van der Waals surface area contributed by atoms with Gasteiger partial charge in [0, 0.05) is 31.7 Å². The second kappa shape index (κ2) is 10.3. The average molecular weight is 372 g/mol. The predicted octanol–water partition coefficient (Wildman–Crippen LogP) is 1.31. The monoisotopic (exact) mass is 372 g/mol. The Kier molecular flexibility index (Phi) is 9.99. The molecule has 0 aliphatic rings. The molecule has 9 nitrogen and oxygen atoms in total. The van der Waals surface area contributed by atoms with Crippen LogP contribution in [-0.2, 0) is 22.7 Å². The maximum atomic E-state index is 11.9. The Labute approximate surface area is 140 Å². The predicted molar refractivity (Wildman–Crippen MR) is 87.9 cm³/mol. The first-order valence-corrected chi connectivity index (χ1v) is 9.42. The van der Waals surface area contributed by atoms with E-state index in [0.717, 1.165) is 19.2 Å². The van der Waals surface area contributed by atoms with Gasteiger partial charge in [-0.1, -0.05) is 19.0 Å². The maximum Gasteiger partial charge on any atom is 0.471 e. The molecule has 0 fully saturated rings. The first kappa shape index (κ1) is 22.4. The zero-order valence-electron chi connectivity index (χ0n) is 13.9. The highest BCUT2D eigenvalue weighted by Gasteiger charge is 2.36. The Morgan fingerprint density at radius 3 is 2.61 bits per heavy atom. The zero-order valence-corrected chi connectivity index (χ0v) is 15.6. The first-order chi connectivity index (χ1) is 10.6. The van der Waals surface area contributed by atoms with E-state index < -0.39 is 25.2 Å². The standard InChI is InChI=1S/C12H25N2O7PS/c1-9(14-21-23-5)6-7-13-11(16)10(15)12(2,3)8-20-22(17,18)19-4/h10,15H,6-8H2,1-5H3,(H,13,16)(H,17,18)/b14-9+. The minimum atomic E-state index is -4.16. The summed E-state index contributed by atoms with van der Waals surface area (Å²) in [5.41, 5.74) is -0.385. The number of rotatable bonds is 11. The number of phosphoric ester groups is 1. The molecule has 0 saturated carbocycles. The summed E-state index contributed by atoms with van der Waals surface area (Å²) in [5, 5.41) is 16.4. The number of carbonyl (C=O) groups is 1. The molecule has 0 bridgehead atoms. The smallest absolute Gasteiger partial charge is 0.383 e. The number of nitrogens with zero attached hydrogens (tertiary/aromatic N) is 1. The summed E-state index contributed by atoms with van der Waals surface area (Å²) >= 11 is 1.10. The Bertz CT molecular complexity index is 459. The number of nitrogens with one attached hydrogen (secondary N) is 1. The van der Waals surface area contributed by atoms with E-state index in [9.17, 15) is 19.4 Å². The van der Waals surface area contributed by atoms with E-state index in [-0.39, 0.29) is 13.2 Å². The van der Waals surface area contributed by atoms with Crippen LogP contribution in [0.25, 0.3) is 0 Å². The van der Waals surface area contributed by atoms with E-state index in [1.54, 1.807) is 13.2 Å². The van der Waals surface area contributed by atoms with Crippen LogP contribution in [0, 0.1) is 5.41 Å². The van der Waals surface area contributed by atoms with Gasteiger partial charge in [0.25, 0.3) is 0 Å². The molecular weight excluding hydrogens is 347 g/mol. The molecule has 0 radical (unpaired) electrons. The van der Waals surface area contributed by atoms with Crippen molar-refractivity contribution in [2.45, 2.75) is 33.3 Å². The van der Waals surface area contributed by atoms with E-state index >= 15 is 0 Å². The van der Waals surface area contributed by atoms with Crippen LogP contribution in [-0.4, -0.2) is 54.2 Å². The number of oxime groups is 1. The van der Waals surface area contributed by atoms with Gasteiger partial charge in [-0.05, 0) is 6.92 Å². The Balaban J connectivity index is 4.38. The Hall–Kier alpha value is -0.640. The lowest BCUT2D eigenvalue weighted by Gasteiger charge is -2.29. The third-order valence-corrected chi connectivity index (χ3v) is 4.01. The molecule has 2 unspecified atom stereocenters. The lowest BCUT2D eigenvalue weighted by atomic mass is 9.87. The van der Waals surface area contributed by atoms with Gasteiger partial charge < -0.3 is 19.6 Å². The van der Waals surface area contributed by atoms with Gasteiger partial charge in [-0.15, -0.1) is 0 Å². The van der Waals surface area contributed by atoms with E-state index in [1.807, 2.05) is 0 Å². The highest BCUT2D eigenvalue weighted by Crippen LogP contribution is 2.43. The van der Waals surface area contributed by atoms with E-state index in [0.29, 0.717) is 12.1 Å². The van der Waals surface area contributed by atoms with E-state index in [4.69, 9.17) is 8.81 Å². The molecule has 0 aliphatic heterocycles. The van der Waals surface area contributed by atoms with Crippen molar-refractivity contribution in [3.8, 4) is 0 Å². The molecule has 11 heteroatoms. The Morgan fingerprint density at radius 2 is 2.09 bits per heavy atom. The van der Waals surface area contributed by atoms with Gasteiger partial charge >= 0.3 is 7.82 Å². The van der Waals surface area contributed by atoms with E-state index in [1.165, 1.54) is 13.8 Å². The van der Waals surface area contributed by atoms with Crippen LogP contribution in [0.3, 0.4) is 0 Å². The van der Waals surface area contributed by atoms with Crippen molar-refractivity contribution in [1.29, 1.82) is 0 Å². The molecule has 0 aromatic carbocycles. The second-order valence-electron chi connectivity index (χ2n) is 5.42. The summed E-state index contributed by atoms with van der Waals surface area (Å²) in [6, 6.07) is 0. The largest absolute Gasteiger partial charge is 0.471 e. The quantitative estimate of drug-likeness (QED) is 0.214. The number of aliphatic hydroxyl groups excluding tert-OH is 1. The van der Waals surface area contributed by atoms with Crippen LogP contribution in [0.15, 0.2) is 5.16 Å². The van der Waals surface area contributed by atoms with Crippen LogP contribution in [0.5, 0.6) is 0 Å². The van der Waals surface area contributed by atoms with Crippen molar-refractivity contribution in [2.24, 2.45) is 10.6 Å². The van der Waals surface area contributed by atoms with Gasteiger partial charge in [0.05, 0.1) is 24.4 Å². The number of amides is 1. The van der Waals surface area contributed by atoms with Gasteiger partial charge in [0.2, 0.25) is 5.91 Å². The first-order valence-electron chi connectivity index (χ1n) is 6.78. The number of hydrogen-bond acceptors (Lipinski definition) is 8. The van der Waals surface area contributed by atoms with Crippen LogP contribution in [0.1, 0.15) is 27.2 Å². The molecule has 23 heavy (non-hydrogen) atoms. The van der Waals surface area contributed by atoms with Crippen LogP contribution < -0.4 is 5.32 Å². The maximum absolute atomic E-state index is 11.9. The summed E-state index contributed by atoms with van der Waals surface area (Å²) in [7, 11) is -3.13. The molecule has 3 N–H and O–H groups in total. The fraction of sp³-hybridized carbons (Fsp3) is 0.833. The molecule has 0 saturated heterocycles. The minimum Gasteiger partial charge on any atom is -0.383 e. The lowest BCUT2D eigenvalue weighted by Crippen LogP contribution is -2.46. The molecule has 2 atom stereocenters. The Morgan fingerprint density at radius 1 is 1.48 bits per heavy atom. The summed E-state index contributed by atoms with van der Waals surface area (Å²) in [6.07, 6.45) is 0.776. The van der Waals surface area contributed by atoms with Crippen molar-refractivity contribution in [2.75, 3.05) is 26.5 Å². The number of phosphoric acid groups is 1. The highest BCUT2D eigenvalue weighted by molar-refractivity contribution is 7.93. The minimum absolute atomic E-state index is 0.274. The van der Waals surface area contributed by atoms with Gasteiger partial charge in [-0.3, -0.25) is 13.8 Å². The second-order valence-corrected chi connectivity index (χ2v) is 7.47. The molecule has 0 heterocycles. The van der Waals surface area contributed by atoms with E-state index in [2.05, 4.69) is 15.0 Å². The van der Waals surface area contributed by atoms with Crippen LogP contribution >= 0.6 is 19.9 Å². The third kappa shape index (κ3) is 9.29. The molecular formula is C12H25N2O7PS. The van der Waals surface area contributed by atoms with Crippen LogP contribution in [0.2, 0.25) is 0 Å². The number of carbonyl (C=O) groups excluding carboxylic acids is 1. The molecule has 0 aromatic heterocycles. The molecule has 0 rings (SSSR count). The van der Waals surface area contributed by atoms with Crippen molar-refractivity contribution in [3.05, 3.63) is 0 Å². The van der Waals surface area contributed by atoms with Gasteiger partial charge in [-0.25, -0.2) is 4.57 Å². The van der Waals surface area contributed by atoms with Gasteiger partial charge in [0.1, 0.15) is 6.10 Å². The van der Waals surface area contributed by atoms with Gasteiger partial charge in [0.15, 0.2) is 0 Å². The van der Waals surface area contributed by atoms with Gasteiger partial charge in [-0.2, -0.15) is 0 Å². The van der Waals surface area contributed by atoms with Crippen molar-refractivity contribution >= 4 is 31.5 Å². The molecule has 1 amide bonds. The summed E-state index contributed by atoms with van der Waals surface area (Å²) in [5.74, 6) is -0.609. The topological polar surface area (TPSA) is 127 Å². The number of hydrogen-bond donors (Lipinski definition) is 3. The van der Waals surface area contributed by atoms with Crippen LogP contribution in [0.4, 0.5) is 0 Å². The number of aliphatic hydroxyl groups is 1. The molecule has 0 aromatic rings. The fourth-order valence-electron chi connectivity index (χ4n) is 1.34. The summed E-state index contributed by atoms with van der Waals surface area (Å²) < 4.78 is 25.0. The van der Waals surface area contributed by atoms with Crippen molar-refractivity contribution in [1.82, 2.24) is 5.32 Å². The molecule has 0 aliphatic carbocycles. The molecule has 136 valence electrons. The SMILES string of the molecule is COP(=O)(O)OCC(C)(C)C(O)C(=O)NCC/C(C)=N/OSC. The van der Waals surface area contributed by atoms with Crippen molar-refractivity contribution in [3.63, 3.8) is 0 Å². The summed E-state index contributed by atoms with van der Waals surface area (Å²) in [4.78, 5) is 21.1. The average Bonchev–Trinajstić information content (AvgIpc) is 2.50. The summed E-state index contributed by atoms with van der Waals surface area (Å²) in [6.45, 7) is 4.76. The van der Waals surface area contributed by atoms with Crippen molar-refractivity contribution < 1.29 is 32.7 Å². The lowest BCUT2D eigenvalue weighted by molar-refractivity contribution is -0.136. The third-order valence-electron chi connectivity index (χ3n) is 2.87. The molecule has 0 spiro atoms. The fourth-order valence-corrected chi connectivity index (χ4v) is 2.15.